The second kappa shape index (κ2) is 16.3. The van der Waals surface area contributed by atoms with Gasteiger partial charge in [0.05, 0.1) is 25.6 Å². The Morgan fingerprint density at radius 3 is 2.50 bits per heavy atom. The average Bonchev–Trinajstić information content (AvgIpc) is 3.52. The number of anilines is 1. The highest BCUT2D eigenvalue weighted by molar-refractivity contribution is 5.93. The van der Waals surface area contributed by atoms with Crippen LogP contribution in [0.25, 0.3) is 22.4 Å². The Morgan fingerprint density at radius 2 is 1.67 bits per heavy atom. The molecule has 0 aromatic carbocycles. The first kappa shape index (κ1) is 33.0. The predicted molar refractivity (Wildman–Crippen MR) is 176 cm³/mol. The molecule has 6 rings (SSSR count). The SMILES string of the molecule is O=C(N[C@H]1CCC[C@@H](Nc2nc(-c3c[nH]c4ncc(F)cc34)ncc2F)C1)c1cc(COCCCCCOCc2ccncc2)ccn1. The molecule has 48 heavy (non-hydrogen) atoms. The van der Waals surface area contributed by atoms with Crippen molar-refractivity contribution >= 4 is 22.8 Å². The minimum absolute atomic E-state index is 0.0550. The second-order valence-electron chi connectivity index (χ2n) is 11.9. The van der Waals surface area contributed by atoms with Crippen molar-refractivity contribution in [1.82, 2.24) is 35.2 Å². The molecule has 2 atom stereocenters. The summed E-state index contributed by atoms with van der Waals surface area (Å²) in [6.07, 6.45) is 14.9. The van der Waals surface area contributed by atoms with E-state index in [0.717, 1.165) is 62.0 Å². The van der Waals surface area contributed by atoms with E-state index in [1.54, 1.807) is 30.9 Å². The maximum absolute atomic E-state index is 14.8. The van der Waals surface area contributed by atoms with Crippen molar-refractivity contribution < 1.29 is 23.0 Å². The number of H-pyrrole nitrogens is 1. The van der Waals surface area contributed by atoms with Gasteiger partial charge in [0.15, 0.2) is 17.5 Å². The second-order valence-corrected chi connectivity index (χ2v) is 11.9. The lowest BCUT2D eigenvalue weighted by Crippen LogP contribution is -2.42. The van der Waals surface area contributed by atoms with E-state index >= 15 is 0 Å². The number of ether oxygens (including phenoxy) is 2. The molecule has 0 aliphatic heterocycles. The molecule has 0 spiro atoms. The number of carbonyl (C=O) groups excluding carboxylic acids is 1. The highest BCUT2D eigenvalue weighted by atomic mass is 19.1. The fourth-order valence-corrected chi connectivity index (χ4v) is 5.80. The van der Waals surface area contributed by atoms with E-state index < -0.39 is 11.6 Å². The number of aromatic amines is 1. The van der Waals surface area contributed by atoms with Crippen molar-refractivity contribution in [3.05, 3.63) is 96.0 Å². The smallest absolute Gasteiger partial charge is 0.270 e. The highest BCUT2D eigenvalue weighted by Crippen LogP contribution is 2.28. The summed E-state index contributed by atoms with van der Waals surface area (Å²) in [6, 6.07) is 8.60. The van der Waals surface area contributed by atoms with Gasteiger partial charge in [0.2, 0.25) is 0 Å². The van der Waals surface area contributed by atoms with Crippen molar-refractivity contribution in [3.63, 3.8) is 0 Å². The summed E-state index contributed by atoms with van der Waals surface area (Å²) < 4.78 is 40.2. The van der Waals surface area contributed by atoms with Gasteiger partial charge in [-0.3, -0.25) is 14.8 Å². The summed E-state index contributed by atoms with van der Waals surface area (Å²) in [5, 5.41) is 6.80. The maximum atomic E-state index is 14.8. The summed E-state index contributed by atoms with van der Waals surface area (Å²) in [4.78, 5) is 36.9. The number of amides is 1. The molecular formula is C35H38F2N8O3. The van der Waals surface area contributed by atoms with Gasteiger partial charge in [-0.25, -0.2) is 23.7 Å². The standard InChI is InChI=1S/C35H38F2N8O3/c36-25-16-28-29(19-41-32(28)40-18-25)33-42-20-30(37)34(45-33)43-26-5-4-6-27(17-26)44-35(46)31-15-24(9-12-39-31)22-48-14-3-1-2-13-47-21-23-7-10-38-11-8-23/h7-12,15-16,18-20,26-27H,1-6,13-14,17,21-22H2,(H,40,41)(H,44,46)(H,42,43,45)/t26-,27+/m1/s1. The van der Waals surface area contributed by atoms with E-state index in [1.165, 1.54) is 6.07 Å². The Morgan fingerprint density at radius 1 is 0.896 bits per heavy atom. The van der Waals surface area contributed by atoms with Gasteiger partial charge >= 0.3 is 0 Å². The number of unbranched alkanes of at least 4 members (excludes halogenated alkanes) is 2. The molecule has 0 radical (unpaired) electrons. The van der Waals surface area contributed by atoms with Crippen LogP contribution in [0.3, 0.4) is 0 Å². The third-order valence-electron chi connectivity index (χ3n) is 8.25. The Kier molecular flexibility index (Phi) is 11.2. The third kappa shape index (κ3) is 8.92. The molecule has 250 valence electrons. The van der Waals surface area contributed by atoms with Crippen LogP contribution >= 0.6 is 0 Å². The molecular weight excluding hydrogens is 618 g/mol. The van der Waals surface area contributed by atoms with Gasteiger partial charge in [0, 0.05) is 61.0 Å². The topological polar surface area (TPSA) is 140 Å². The molecule has 0 unspecified atom stereocenters. The van der Waals surface area contributed by atoms with Gasteiger partial charge < -0.3 is 25.1 Å². The van der Waals surface area contributed by atoms with Crippen molar-refractivity contribution in [2.45, 2.75) is 70.2 Å². The van der Waals surface area contributed by atoms with E-state index in [2.05, 4.69) is 40.5 Å². The quantitative estimate of drug-likeness (QED) is 0.113. The summed E-state index contributed by atoms with van der Waals surface area (Å²) >= 11 is 0. The Balaban J connectivity index is 0.943. The van der Waals surface area contributed by atoms with Crippen LogP contribution in [-0.2, 0) is 22.7 Å². The first-order valence-electron chi connectivity index (χ1n) is 16.2. The summed E-state index contributed by atoms with van der Waals surface area (Å²) in [6.45, 7) is 2.31. The van der Waals surface area contributed by atoms with E-state index in [4.69, 9.17) is 9.47 Å². The summed E-state index contributed by atoms with van der Waals surface area (Å²) in [5.74, 6) is -1.04. The van der Waals surface area contributed by atoms with Gasteiger partial charge in [-0.2, -0.15) is 0 Å². The fraction of sp³-hybridized carbons (Fsp3) is 0.371. The fourth-order valence-electron chi connectivity index (χ4n) is 5.80. The number of hydrogen-bond donors (Lipinski definition) is 3. The van der Waals surface area contributed by atoms with Gasteiger partial charge in [0.25, 0.3) is 5.91 Å². The molecule has 1 amide bonds. The lowest BCUT2D eigenvalue weighted by Gasteiger charge is -2.30. The number of aromatic nitrogens is 6. The largest absolute Gasteiger partial charge is 0.377 e. The lowest BCUT2D eigenvalue weighted by molar-refractivity contribution is 0.0920. The molecule has 5 heterocycles. The summed E-state index contributed by atoms with van der Waals surface area (Å²) in [7, 11) is 0. The van der Waals surface area contributed by atoms with Crippen molar-refractivity contribution in [1.29, 1.82) is 0 Å². The van der Waals surface area contributed by atoms with Crippen LogP contribution in [0.2, 0.25) is 0 Å². The van der Waals surface area contributed by atoms with E-state index in [-0.39, 0.29) is 29.6 Å². The van der Waals surface area contributed by atoms with Crippen LogP contribution in [0.4, 0.5) is 14.6 Å². The van der Waals surface area contributed by atoms with Crippen LogP contribution in [0.5, 0.6) is 0 Å². The number of rotatable bonds is 15. The Hall–Kier alpha value is -4.88. The van der Waals surface area contributed by atoms with Crippen LogP contribution < -0.4 is 10.6 Å². The van der Waals surface area contributed by atoms with Crippen molar-refractivity contribution in [3.8, 4) is 11.4 Å². The van der Waals surface area contributed by atoms with E-state index in [9.17, 15) is 13.6 Å². The van der Waals surface area contributed by atoms with Gasteiger partial charge in [-0.05, 0) is 86.4 Å². The normalized spacial score (nSPS) is 16.2. The number of nitrogens with one attached hydrogen (secondary N) is 3. The van der Waals surface area contributed by atoms with Crippen molar-refractivity contribution in [2.75, 3.05) is 18.5 Å². The lowest BCUT2D eigenvalue weighted by atomic mass is 9.91. The van der Waals surface area contributed by atoms with Gasteiger partial charge in [-0.1, -0.05) is 0 Å². The number of hydrogen-bond acceptors (Lipinski definition) is 9. The van der Waals surface area contributed by atoms with Gasteiger partial charge in [0.1, 0.15) is 17.2 Å². The predicted octanol–water partition coefficient (Wildman–Crippen LogP) is 6.14. The van der Waals surface area contributed by atoms with Crippen LogP contribution in [0.1, 0.15) is 66.6 Å². The molecule has 1 aliphatic rings. The Labute approximate surface area is 277 Å². The number of carbonyl (C=O) groups is 1. The Bertz CT molecular complexity index is 1810. The third-order valence-corrected chi connectivity index (χ3v) is 8.25. The van der Waals surface area contributed by atoms with Crippen LogP contribution in [0, 0.1) is 11.6 Å². The zero-order chi connectivity index (χ0) is 33.1. The molecule has 13 heteroatoms. The van der Waals surface area contributed by atoms with Crippen LogP contribution in [-0.4, -0.2) is 61.1 Å². The van der Waals surface area contributed by atoms with E-state index in [1.807, 2.05) is 18.2 Å². The average molecular weight is 657 g/mol. The zero-order valence-corrected chi connectivity index (χ0v) is 26.5. The highest BCUT2D eigenvalue weighted by Gasteiger charge is 2.25. The summed E-state index contributed by atoms with van der Waals surface area (Å²) in [5.41, 5.74) is 3.33. The molecule has 0 bridgehead atoms. The molecule has 1 saturated carbocycles. The minimum Gasteiger partial charge on any atom is -0.377 e. The van der Waals surface area contributed by atoms with Crippen LogP contribution in [0.15, 0.2) is 67.5 Å². The van der Waals surface area contributed by atoms with E-state index in [0.29, 0.717) is 55.1 Å². The molecule has 5 aromatic heterocycles. The first-order chi connectivity index (χ1) is 23.5. The number of pyridine rings is 3. The number of fused-ring (bicyclic) bond motifs is 1. The monoisotopic (exact) mass is 656 g/mol. The van der Waals surface area contributed by atoms with Gasteiger partial charge in [-0.15, -0.1) is 0 Å². The molecule has 1 fully saturated rings. The number of halogens is 2. The minimum atomic E-state index is -0.594. The molecule has 5 aromatic rings. The first-order valence-corrected chi connectivity index (χ1v) is 16.2. The molecule has 1 aliphatic carbocycles. The molecule has 3 N–H and O–H groups in total. The molecule has 11 nitrogen and oxygen atoms in total. The number of nitrogens with zero attached hydrogens (tertiary/aromatic N) is 5. The van der Waals surface area contributed by atoms with Crippen molar-refractivity contribution in [2.24, 2.45) is 0 Å². The molecule has 0 saturated heterocycles. The maximum Gasteiger partial charge on any atom is 0.270 e. The zero-order valence-electron chi connectivity index (χ0n) is 26.5.